The number of piperazine rings is 1. The number of amides is 1. The highest BCUT2D eigenvalue weighted by molar-refractivity contribution is 5.78. The predicted octanol–water partition coefficient (Wildman–Crippen LogP) is 2.34. The highest BCUT2D eigenvalue weighted by atomic mass is 16.5. The van der Waals surface area contributed by atoms with Gasteiger partial charge in [-0.1, -0.05) is 35.5 Å². The zero-order chi connectivity index (χ0) is 21.8. The summed E-state index contributed by atoms with van der Waals surface area (Å²) in [6.45, 7) is 10.1. The molecule has 1 fully saturated rings. The Morgan fingerprint density at radius 3 is 2.52 bits per heavy atom. The molecule has 4 rings (SSSR count). The van der Waals surface area contributed by atoms with Gasteiger partial charge in [-0.2, -0.15) is 0 Å². The number of nitrogens with one attached hydrogen (secondary N) is 1. The fourth-order valence-electron chi connectivity index (χ4n) is 3.70. The standard InChI is InChI=1S/C22H28N6O3/c1-15(2)23-18(29)13-27-9-11-28(12-10-27)14-19-24-25-22(30-19)20-16(3)31-26-21(20)17-7-5-4-6-8-17/h4-8,15H,9-14H2,1-3H3,(H,23,29). The van der Waals surface area contributed by atoms with Gasteiger partial charge in [-0.05, 0) is 20.8 Å². The number of nitrogens with zero attached hydrogens (tertiary/aromatic N) is 5. The summed E-state index contributed by atoms with van der Waals surface area (Å²) in [7, 11) is 0. The Labute approximate surface area is 181 Å². The summed E-state index contributed by atoms with van der Waals surface area (Å²) in [4.78, 5) is 16.4. The van der Waals surface area contributed by atoms with Crippen LogP contribution in [0, 0.1) is 6.92 Å². The molecule has 0 saturated carbocycles. The first kappa shape index (κ1) is 21.2. The van der Waals surface area contributed by atoms with E-state index < -0.39 is 0 Å². The molecule has 3 heterocycles. The average molecular weight is 425 g/mol. The molecule has 1 aliphatic heterocycles. The minimum atomic E-state index is 0.0725. The molecule has 1 amide bonds. The summed E-state index contributed by atoms with van der Waals surface area (Å²) in [6.07, 6.45) is 0. The third-order valence-corrected chi connectivity index (χ3v) is 5.23. The number of hydrogen-bond acceptors (Lipinski definition) is 8. The second-order valence-electron chi connectivity index (χ2n) is 8.10. The van der Waals surface area contributed by atoms with Crippen molar-refractivity contribution in [1.82, 2.24) is 30.5 Å². The van der Waals surface area contributed by atoms with Gasteiger partial charge in [0.25, 0.3) is 5.89 Å². The fourth-order valence-corrected chi connectivity index (χ4v) is 3.70. The van der Waals surface area contributed by atoms with Gasteiger partial charge >= 0.3 is 0 Å². The molecule has 1 N–H and O–H groups in total. The molecule has 164 valence electrons. The lowest BCUT2D eigenvalue weighted by Crippen LogP contribution is -2.49. The Balaban J connectivity index is 1.37. The maximum absolute atomic E-state index is 12.0. The third-order valence-electron chi connectivity index (χ3n) is 5.23. The van der Waals surface area contributed by atoms with Crippen LogP contribution in [0.5, 0.6) is 0 Å². The highest BCUT2D eigenvalue weighted by Gasteiger charge is 2.24. The van der Waals surface area contributed by atoms with Crippen LogP contribution in [-0.4, -0.2) is 69.8 Å². The van der Waals surface area contributed by atoms with Gasteiger partial charge in [-0.3, -0.25) is 14.6 Å². The largest absolute Gasteiger partial charge is 0.419 e. The molecule has 9 nitrogen and oxygen atoms in total. The Morgan fingerprint density at radius 1 is 1.10 bits per heavy atom. The molecule has 1 aromatic carbocycles. The normalized spacial score (nSPS) is 15.5. The first-order valence-electron chi connectivity index (χ1n) is 10.6. The van der Waals surface area contributed by atoms with E-state index in [-0.39, 0.29) is 11.9 Å². The Morgan fingerprint density at radius 2 is 1.81 bits per heavy atom. The van der Waals surface area contributed by atoms with Gasteiger partial charge in [0, 0.05) is 37.8 Å². The van der Waals surface area contributed by atoms with Crippen LogP contribution in [0.4, 0.5) is 0 Å². The van der Waals surface area contributed by atoms with Gasteiger partial charge in [-0.15, -0.1) is 10.2 Å². The van der Waals surface area contributed by atoms with Crippen molar-refractivity contribution in [2.45, 2.75) is 33.4 Å². The van der Waals surface area contributed by atoms with Gasteiger partial charge in [-0.25, -0.2) is 0 Å². The second kappa shape index (κ2) is 9.40. The van der Waals surface area contributed by atoms with Crippen LogP contribution in [-0.2, 0) is 11.3 Å². The van der Waals surface area contributed by atoms with Crippen LogP contribution in [0.25, 0.3) is 22.7 Å². The van der Waals surface area contributed by atoms with Gasteiger partial charge in [0.1, 0.15) is 17.0 Å². The summed E-state index contributed by atoms with van der Waals surface area (Å²) in [6, 6.07) is 9.97. The molecule has 1 saturated heterocycles. The summed E-state index contributed by atoms with van der Waals surface area (Å²) in [5.41, 5.74) is 2.36. The fraction of sp³-hybridized carbons (Fsp3) is 0.455. The van der Waals surface area contributed by atoms with Gasteiger partial charge < -0.3 is 14.3 Å². The van der Waals surface area contributed by atoms with Crippen LogP contribution >= 0.6 is 0 Å². The maximum Gasteiger partial charge on any atom is 0.253 e. The monoisotopic (exact) mass is 424 g/mol. The molecule has 3 aromatic rings. The van der Waals surface area contributed by atoms with Crippen molar-refractivity contribution in [3.05, 3.63) is 42.0 Å². The van der Waals surface area contributed by atoms with Gasteiger partial charge in [0.2, 0.25) is 11.8 Å². The molecule has 9 heteroatoms. The summed E-state index contributed by atoms with van der Waals surface area (Å²) in [5.74, 6) is 1.68. The zero-order valence-corrected chi connectivity index (χ0v) is 18.2. The van der Waals surface area contributed by atoms with Crippen molar-refractivity contribution < 1.29 is 13.7 Å². The zero-order valence-electron chi connectivity index (χ0n) is 18.2. The van der Waals surface area contributed by atoms with Gasteiger partial charge in [0.05, 0.1) is 13.1 Å². The SMILES string of the molecule is Cc1onc(-c2ccccc2)c1-c1nnc(CN2CCN(CC(=O)NC(C)C)CC2)o1. The van der Waals surface area contributed by atoms with Crippen LogP contribution in [0.2, 0.25) is 0 Å². The molecule has 31 heavy (non-hydrogen) atoms. The molecular formula is C22H28N6O3. The number of aryl methyl sites for hydroxylation is 1. The number of rotatable bonds is 7. The minimum absolute atomic E-state index is 0.0725. The van der Waals surface area contributed by atoms with E-state index in [2.05, 4.69) is 30.5 Å². The highest BCUT2D eigenvalue weighted by Crippen LogP contribution is 2.33. The van der Waals surface area contributed by atoms with E-state index in [9.17, 15) is 4.79 Å². The van der Waals surface area contributed by atoms with Crippen LogP contribution in [0.1, 0.15) is 25.5 Å². The molecule has 2 aromatic heterocycles. The lowest BCUT2D eigenvalue weighted by atomic mass is 10.1. The van der Waals surface area contributed by atoms with Crippen LogP contribution in [0.15, 0.2) is 39.3 Å². The number of aromatic nitrogens is 3. The molecule has 0 aliphatic carbocycles. The smallest absolute Gasteiger partial charge is 0.253 e. The van der Waals surface area contributed by atoms with Crippen molar-refractivity contribution in [3.8, 4) is 22.7 Å². The molecule has 0 spiro atoms. The van der Waals surface area contributed by atoms with Crippen LogP contribution in [0.3, 0.4) is 0 Å². The van der Waals surface area contributed by atoms with Crippen molar-refractivity contribution in [2.24, 2.45) is 0 Å². The number of carbonyl (C=O) groups excluding carboxylic acids is 1. The lowest BCUT2D eigenvalue weighted by Gasteiger charge is -2.33. The molecule has 0 unspecified atom stereocenters. The molecular weight excluding hydrogens is 396 g/mol. The maximum atomic E-state index is 12.0. The molecule has 0 bridgehead atoms. The van der Waals surface area contributed by atoms with Crippen molar-refractivity contribution in [1.29, 1.82) is 0 Å². The van der Waals surface area contributed by atoms with E-state index >= 15 is 0 Å². The summed E-state index contributed by atoms with van der Waals surface area (Å²) >= 11 is 0. The van der Waals surface area contributed by atoms with E-state index in [1.807, 2.05) is 51.1 Å². The summed E-state index contributed by atoms with van der Waals surface area (Å²) in [5, 5.41) is 15.6. The quantitative estimate of drug-likeness (QED) is 0.617. The molecule has 0 atom stereocenters. The number of carbonyl (C=O) groups is 1. The predicted molar refractivity (Wildman–Crippen MR) is 115 cm³/mol. The van der Waals surface area contributed by atoms with Crippen molar-refractivity contribution >= 4 is 5.91 Å². The Kier molecular flexibility index (Phi) is 6.43. The number of hydrogen-bond donors (Lipinski definition) is 1. The van der Waals surface area contributed by atoms with Gasteiger partial charge in [0.15, 0.2) is 0 Å². The topological polar surface area (TPSA) is 101 Å². The minimum Gasteiger partial charge on any atom is -0.419 e. The van der Waals surface area contributed by atoms with E-state index in [0.717, 1.165) is 37.3 Å². The third kappa shape index (κ3) is 5.18. The molecule has 1 aliphatic rings. The van der Waals surface area contributed by atoms with E-state index in [0.29, 0.717) is 36.3 Å². The number of benzene rings is 1. The van der Waals surface area contributed by atoms with Crippen molar-refractivity contribution in [3.63, 3.8) is 0 Å². The van der Waals surface area contributed by atoms with E-state index in [1.54, 1.807) is 0 Å². The average Bonchev–Trinajstić information content (AvgIpc) is 3.35. The molecule has 0 radical (unpaired) electrons. The first-order chi connectivity index (χ1) is 15.0. The van der Waals surface area contributed by atoms with E-state index in [4.69, 9.17) is 8.94 Å². The Hall–Kier alpha value is -3.04. The summed E-state index contributed by atoms with van der Waals surface area (Å²) < 4.78 is 11.4. The Bertz CT molecular complexity index is 1010. The lowest BCUT2D eigenvalue weighted by molar-refractivity contribution is -0.123. The van der Waals surface area contributed by atoms with Crippen molar-refractivity contribution in [2.75, 3.05) is 32.7 Å². The first-order valence-corrected chi connectivity index (χ1v) is 10.6. The van der Waals surface area contributed by atoms with Crippen LogP contribution < -0.4 is 5.32 Å². The second-order valence-corrected chi connectivity index (χ2v) is 8.10. The van der Waals surface area contributed by atoms with E-state index in [1.165, 1.54) is 0 Å².